The Morgan fingerprint density at radius 1 is 1.39 bits per heavy atom. The van der Waals surface area contributed by atoms with Gasteiger partial charge in [-0.3, -0.25) is 4.79 Å². The first-order chi connectivity index (χ1) is 8.46. The number of halogens is 1. The fourth-order valence-electron chi connectivity index (χ4n) is 2.06. The van der Waals surface area contributed by atoms with Crippen molar-refractivity contribution < 1.29 is 13.2 Å². The Bertz CT molecular complexity index is 556. The van der Waals surface area contributed by atoms with E-state index in [-0.39, 0.29) is 29.8 Å². The van der Waals surface area contributed by atoms with Crippen molar-refractivity contribution in [2.45, 2.75) is 12.8 Å². The van der Waals surface area contributed by atoms with Crippen molar-refractivity contribution in [1.82, 2.24) is 0 Å². The van der Waals surface area contributed by atoms with Crippen LogP contribution in [0.25, 0.3) is 0 Å². The molecule has 0 aliphatic carbocycles. The Hall–Kier alpha value is -1.07. The summed E-state index contributed by atoms with van der Waals surface area (Å²) in [6.45, 7) is 0. The van der Waals surface area contributed by atoms with Gasteiger partial charge in [0, 0.05) is 6.42 Å². The average molecular weight is 288 g/mol. The fraction of sp³-hybridized carbons (Fsp3) is 0.417. The van der Waals surface area contributed by atoms with E-state index in [4.69, 9.17) is 11.6 Å². The lowest BCUT2D eigenvalue weighted by molar-refractivity contribution is -0.116. The summed E-state index contributed by atoms with van der Waals surface area (Å²) in [5, 5.41) is 3.18. The third-order valence-corrected chi connectivity index (χ3v) is 5.12. The van der Waals surface area contributed by atoms with Crippen LogP contribution < -0.4 is 5.32 Å². The SMILES string of the molecule is O=C(C[C@H]1CCS(=O)(=O)C1)Nc1ccccc1Cl. The summed E-state index contributed by atoms with van der Waals surface area (Å²) in [7, 11) is -2.93. The van der Waals surface area contributed by atoms with Crippen LogP contribution in [0, 0.1) is 5.92 Å². The van der Waals surface area contributed by atoms with Crippen LogP contribution in [0.3, 0.4) is 0 Å². The molecular formula is C12H14ClNO3S. The minimum Gasteiger partial charge on any atom is -0.325 e. The van der Waals surface area contributed by atoms with Gasteiger partial charge < -0.3 is 5.32 Å². The highest BCUT2D eigenvalue weighted by Gasteiger charge is 2.29. The summed E-state index contributed by atoms with van der Waals surface area (Å²) >= 11 is 5.92. The number of amides is 1. The second kappa shape index (κ2) is 5.28. The molecule has 1 saturated heterocycles. The van der Waals surface area contributed by atoms with Crippen LogP contribution in [0.15, 0.2) is 24.3 Å². The first-order valence-electron chi connectivity index (χ1n) is 5.71. The Morgan fingerprint density at radius 2 is 2.11 bits per heavy atom. The minimum absolute atomic E-state index is 0.0718. The van der Waals surface area contributed by atoms with Gasteiger partial charge in [0.15, 0.2) is 9.84 Å². The molecule has 1 fully saturated rings. The number of benzene rings is 1. The Kier molecular flexibility index (Phi) is 3.92. The maximum atomic E-state index is 11.8. The van der Waals surface area contributed by atoms with E-state index in [0.717, 1.165) is 0 Å². The van der Waals surface area contributed by atoms with Crippen LogP contribution in [0.4, 0.5) is 5.69 Å². The van der Waals surface area contributed by atoms with Crippen LogP contribution in [0.2, 0.25) is 5.02 Å². The molecule has 4 nitrogen and oxygen atoms in total. The van der Waals surface area contributed by atoms with Crippen molar-refractivity contribution in [3.8, 4) is 0 Å². The first kappa shape index (κ1) is 13.4. The topological polar surface area (TPSA) is 63.2 Å². The van der Waals surface area contributed by atoms with Crippen LogP contribution in [0.5, 0.6) is 0 Å². The number of carbonyl (C=O) groups is 1. The summed E-state index contributed by atoms with van der Waals surface area (Å²) in [4.78, 5) is 11.8. The quantitative estimate of drug-likeness (QED) is 0.926. The number of rotatable bonds is 3. The molecule has 1 heterocycles. The predicted molar refractivity (Wildman–Crippen MR) is 71.5 cm³/mol. The lowest BCUT2D eigenvalue weighted by atomic mass is 10.1. The number of hydrogen-bond acceptors (Lipinski definition) is 3. The van der Waals surface area contributed by atoms with Crippen molar-refractivity contribution in [1.29, 1.82) is 0 Å². The molecule has 0 bridgehead atoms. The van der Waals surface area contributed by atoms with Gasteiger partial charge in [0.2, 0.25) is 5.91 Å². The molecule has 1 amide bonds. The van der Waals surface area contributed by atoms with E-state index < -0.39 is 9.84 Å². The smallest absolute Gasteiger partial charge is 0.224 e. The molecule has 2 rings (SSSR count). The number of nitrogens with one attached hydrogen (secondary N) is 1. The van der Waals surface area contributed by atoms with Gasteiger partial charge >= 0.3 is 0 Å². The van der Waals surface area contributed by atoms with Gasteiger partial charge in [-0.15, -0.1) is 0 Å². The lowest BCUT2D eigenvalue weighted by Crippen LogP contribution is -2.17. The highest BCUT2D eigenvalue weighted by atomic mass is 35.5. The molecule has 1 aromatic rings. The second-order valence-corrected chi connectivity index (χ2v) is 7.14. The molecule has 1 atom stereocenters. The second-order valence-electron chi connectivity index (χ2n) is 4.50. The van der Waals surface area contributed by atoms with Crippen molar-refractivity contribution >= 4 is 33.0 Å². The van der Waals surface area contributed by atoms with Gasteiger partial charge in [-0.25, -0.2) is 8.42 Å². The maximum Gasteiger partial charge on any atom is 0.224 e. The van der Waals surface area contributed by atoms with E-state index in [1.807, 2.05) is 0 Å². The van der Waals surface area contributed by atoms with E-state index in [1.165, 1.54) is 0 Å². The standard InChI is InChI=1S/C12H14ClNO3S/c13-10-3-1-2-4-11(10)14-12(15)7-9-5-6-18(16,17)8-9/h1-4,9H,5-8H2,(H,14,15)/t9-/m1/s1. The monoisotopic (exact) mass is 287 g/mol. The van der Waals surface area contributed by atoms with E-state index in [1.54, 1.807) is 24.3 Å². The highest BCUT2D eigenvalue weighted by Crippen LogP contribution is 2.24. The zero-order valence-corrected chi connectivity index (χ0v) is 11.3. The predicted octanol–water partition coefficient (Wildman–Crippen LogP) is 2.10. The molecule has 18 heavy (non-hydrogen) atoms. The third kappa shape index (κ3) is 3.46. The fourth-order valence-corrected chi connectivity index (χ4v) is 4.10. The zero-order chi connectivity index (χ0) is 13.2. The molecule has 6 heteroatoms. The van der Waals surface area contributed by atoms with Gasteiger partial charge in [-0.2, -0.15) is 0 Å². The number of hydrogen-bond donors (Lipinski definition) is 1. The van der Waals surface area contributed by atoms with Crippen molar-refractivity contribution in [2.75, 3.05) is 16.8 Å². The number of carbonyl (C=O) groups excluding carboxylic acids is 1. The Labute approximate surface area is 111 Å². The third-order valence-electron chi connectivity index (χ3n) is 2.95. The van der Waals surface area contributed by atoms with Crippen LogP contribution >= 0.6 is 11.6 Å². The normalized spacial score (nSPS) is 21.7. The summed E-state index contributed by atoms with van der Waals surface area (Å²) in [5.41, 5.74) is 0.560. The molecular weight excluding hydrogens is 274 g/mol. The average Bonchev–Trinajstić information content (AvgIpc) is 2.61. The molecule has 0 spiro atoms. The largest absolute Gasteiger partial charge is 0.325 e. The molecule has 0 saturated carbocycles. The number of anilines is 1. The molecule has 1 N–H and O–H groups in total. The molecule has 1 aliphatic rings. The van der Waals surface area contributed by atoms with E-state index in [0.29, 0.717) is 17.1 Å². The van der Waals surface area contributed by atoms with Gasteiger partial charge in [0.1, 0.15) is 0 Å². The molecule has 98 valence electrons. The van der Waals surface area contributed by atoms with E-state index >= 15 is 0 Å². The molecule has 0 unspecified atom stereocenters. The molecule has 0 radical (unpaired) electrons. The van der Waals surface area contributed by atoms with Crippen molar-refractivity contribution in [3.05, 3.63) is 29.3 Å². The van der Waals surface area contributed by atoms with Gasteiger partial charge in [-0.05, 0) is 24.5 Å². The van der Waals surface area contributed by atoms with Crippen molar-refractivity contribution in [2.24, 2.45) is 5.92 Å². The van der Waals surface area contributed by atoms with E-state index in [2.05, 4.69) is 5.32 Å². The summed E-state index contributed by atoms with van der Waals surface area (Å²) in [6, 6.07) is 6.96. The van der Waals surface area contributed by atoms with Crippen LogP contribution in [-0.4, -0.2) is 25.8 Å². The molecule has 0 aromatic heterocycles. The first-order valence-corrected chi connectivity index (χ1v) is 7.91. The highest BCUT2D eigenvalue weighted by molar-refractivity contribution is 7.91. The lowest BCUT2D eigenvalue weighted by Gasteiger charge is -2.09. The summed E-state index contributed by atoms with van der Waals surface area (Å²) in [6.07, 6.45) is 0.794. The molecule has 1 aromatic carbocycles. The Morgan fingerprint density at radius 3 is 2.72 bits per heavy atom. The van der Waals surface area contributed by atoms with Crippen LogP contribution in [-0.2, 0) is 14.6 Å². The maximum absolute atomic E-state index is 11.8. The van der Waals surface area contributed by atoms with E-state index in [9.17, 15) is 13.2 Å². The van der Waals surface area contributed by atoms with Gasteiger partial charge in [0.25, 0.3) is 0 Å². The van der Waals surface area contributed by atoms with Crippen LogP contribution in [0.1, 0.15) is 12.8 Å². The van der Waals surface area contributed by atoms with Crippen molar-refractivity contribution in [3.63, 3.8) is 0 Å². The van der Waals surface area contributed by atoms with Gasteiger partial charge in [-0.1, -0.05) is 23.7 Å². The summed E-state index contributed by atoms with van der Waals surface area (Å²) < 4.78 is 22.6. The number of sulfone groups is 1. The van der Waals surface area contributed by atoms with Gasteiger partial charge in [0.05, 0.1) is 22.2 Å². The minimum atomic E-state index is -2.93. The zero-order valence-electron chi connectivity index (χ0n) is 9.73. The molecule has 1 aliphatic heterocycles. The summed E-state index contributed by atoms with van der Waals surface area (Å²) in [5.74, 6) is 0.0441. The number of para-hydroxylation sites is 1. The Balaban J connectivity index is 1.92.